The van der Waals surface area contributed by atoms with Crippen LogP contribution in [0.2, 0.25) is 0 Å². The summed E-state index contributed by atoms with van der Waals surface area (Å²) in [5.41, 5.74) is 10.4. The Morgan fingerprint density at radius 2 is 1.38 bits per heavy atom. The van der Waals surface area contributed by atoms with Crippen LogP contribution in [0.3, 0.4) is 0 Å². The molecule has 9 heteroatoms. The summed E-state index contributed by atoms with van der Waals surface area (Å²) in [5, 5.41) is 9.75. The second kappa shape index (κ2) is 23.4. The zero-order valence-electron chi connectivity index (χ0n) is 20.3. The molecule has 0 aliphatic rings. The van der Waals surface area contributed by atoms with Crippen LogP contribution >= 0.6 is 7.82 Å². The van der Waals surface area contributed by atoms with Gasteiger partial charge in [0, 0.05) is 6.42 Å². The molecule has 8 nitrogen and oxygen atoms in total. The molecule has 1 amide bonds. The molecule has 0 heterocycles. The minimum atomic E-state index is -4.53. The lowest BCUT2D eigenvalue weighted by molar-refractivity contribution is -0.118. The summed E-state index contributed by atoms with van der Waals surface area (Å²) >= 11 is 0. The normalized spacial score (nSPS) is 13.6. The van der Waals surface area contributed by atoms with E-state index in [0.717, 1.165) is 25.7 Å². The fourth-order valence-corrected chi connectivity index (χ4v) is 3.30. The summed E-state index contributed by atoms with van der Waals surface area (Å²) in [7, 11) is -4.53. The van der Waals surface area contributed by atoms with Crippen LogP contribution in [0.4, 0.5) is 0 Å². The maximum atomic E-state index is 10.6. The van der Waals surface area contributed by atoms with Gasteiger partial charge in [0.15, 0.2) is 0 Å². The van der Waals surface area contributed by atoms with E-state index < -0.39 is 20.0 Å². The number of unbranched alkanes of at least 4 members (excludes halogenated alkanes) is 12. The van der Waals surface area contributed by atoms with Gasteiger partial charge in [-0.2, -0.15) is 0 Å². The van der Waals surface area contributed by atoms with Gasteiger partial charge in [-0.05, 0) is 19.3 Å². The highest BCUT2D eigenvalue weighted by Crippen LogP contribution is 2.35. The van der Waals surface area contributed by atoms with Crippen LogP contribution < -0.4 is 11.5 Å². The molecule has 0 radical (unpaired) electrons. The number of carbonyl (C=O) groups excluding carboxylic acids is 1. The first kappa shape index (κ1) is 33.4. The molecule has 2 unspecified atom stereocenters. The maximum Gasteiger partial charge on any atom is 0.469 e. The highest BCUT2D eigenvalue weighted by molar-refractivity contribution is 7.46. The molecule has 32 heavy (non-hydrogen) atoms. The second-order valence-electron chi connectivity index (χ2n) is 8.26. The monoisotopic (exact) mass is 480 g/mol. The van der Waals surface area contributed by atoms with Crippen molar-refractivity contribution in [1.82, 2.24) is 0 Å². The van der Waals surface area contributed by atoms with E-state index in [2.05, 4.69) is 11.4 Å². The van der Waals surface area contributed by atoms with Crippen molar-refractivity contribution in [1.29, 1.82) is 0 Å². The number of aliphatic hydroxyl groups is 1. The van der Waals surface area contributed by atoms with E-state index in [0.29, 0.717) is 6.42 Å². The van der Waals surface area contributed by atoms with Crippen LogP contribution in [-0.4, -0.2) is 39.6 Å². The molecule has 0 saturated carbocycles. The fraction of sp³-hybridized carbons (Fsp3) is 0.870. The summed E-state index contributed by atoms with van der Waals surface area (Å²) < 4.78 is 14.8. The van der Waals surface area contributed by atoms with Crippen molar-refractivity contribution >= 4 is 13.7 Å². The van der Waals surface area contributed by atoms with Crippen molar-refractivity contribution in [2.75, 3.05) is 6.61 Å². The molecular formula is C23H49N2O6P. The molecule has 7 N–H and O–H groups in total. The molecule has 2 atom stereocenters. The van der Waals surface area contributed by atoms with Gasteiger partial charge in [-0.25, -0.2) is 4.57 Å². The van der Waals surface area contributed by atoms with Gasteiger partial charge in [0.25, 0.3) is 0 Å². The number of carbonyl (C=O) groups is 1. The molecule has 0 aliphatic heterocycles. The first-order chi connectivity index (χ1) is 15.1. The van der Waals surface area contributed by atoms with Crippen molar-refractivity contribution in [2.45, 2.75) is 122 Å². The number of allylic oxidation sites excluding steroid dienone is 1. The molecule has 0 saturated heterocycles. The molecular weight excluding hydrogens is 431 g/mol. The minimum absolute atomic E-state index is 0.193. The molecule has 0 aromatic rings. The van der Waals surface area contributed by atoms with E-state index in [1.54, 1.807) is 6.08 Å². The highest BCUT2D eigenvalue weighted by atomic mass is 31.2. The third kappa shape index (κ3) is 29.2. The number of amides is 1. The number of primary amides is 1. The van der Waals surface area contributed by atoms with Gasteiger partial charge in [0.1, 0.15) is 0 Å². The molecule has 192 valence electrons. The van der Waals surface area contributed by atoms with E-state index in [1.165, 1.54) is 64.2 Å². The van der Waals surface area contributed by atoms with E-state index >= 15 is 0 Å². The van der Waals surface area contributed by atoms with E-state index in [1.807, 2.05) is 13.0 Å². The van der Waals surface area contributed by atoms with Gasteiger partial charge < -0.3 is 26.4 Å². The predicted molar refractivity (Wildman–Crippen MR) is 131 cm³/mol. The van der Waals surface area contributed by atoms with E-state index in [-0.39, 0.29) is 12.5 Å². The third-order valence-corrected chi connectivity index (χ3v) is 5.44. The first-order valence-electron chi connectivity index (χ1n) is 12.2. The Balaban J connectivity index is 0. The van der Waals surface area contributed by atoms with Crippen LogP contribution in [0.25, 0.3) is 0 Å². The molecule has 0 spiro atoms. The van der Waals surface area contributed by atoms with Crippen LogP contribution in [0, 0.1) is 0 Å². The van der Waals surface area contributed by atoms with Gasteiger partial charge in [-0.15, -0.1) is 0 Å². The van der Waals surface area contributed by atoms with Crippen molar-refractivity contribution < 1.29 is 28.8 Å². The summed E-state index contributed by atoms with van der Waals surface area (Å²) in [6, 6.07) is -0.846. The lowest BCUT2D eigenvalue weighted by Crippen LogP contribution is -2.37. The molecule has 0 rings (SSSR count). The van der Waals surface area contributed by atoms with Crippen molar-refractivity contribution in [3.8, 4) is 0 Å². The van der Waals surface area contributed by atoms with Crippen LogP contribution in [0.1, 0.15) is 110 Å². The standard InChI is InChI=1S/C18H38NO5P.C5H11NO/c1-2-3-4-5-6-7-8-9-10-11-12-13-14-15-18(20)17(19)16-24-25(21,22)23;1-2-3-4-5(6)7/h14-15,17-18,20H,2-13,16,19H2,1H3,(H2,21,22,23);2-4H2,1H3,(H2,6,7). The molecule has 0 bridgehead atoms. The number of phosphoric acid groups is 1. The second-order valence-corrected chi connectivity index (χ2v) is 9.50. The lowest BCUT2D eigenvalue weighted by atomic mass is 10.0. The largest absolute Gasteiger partial charge is 0.469 e. The summed E-state index contributed by atoms with van der Waals surface area (Å²) in [6.45, 7) is 3.89. The van der Waals surface area contributed by atoms with Gasteiger partial charge in [0.05, 0.1) is 18.8 Å². The Kier molecular flexibility index (Phi) is 24.4. The Morgan fingerprint density at radius 1 is 0.906 bits per heavy atom. The van der Waals surface area contributed by atoms with Gasteiger partial charge in [0.2, 0.25) is 5.91 Å². The van der Waals surface area contributed by atoms with Gasteiger partial charge in [-0.1, -0.05) is 96.6 Å². The Labute approximate surface area is 195 Å². The number of hydrogen-bond donors (Lipinski definition) is 5. The zero-order chi connectivity index (χ0) is 24.7. The fourth-order valence-electron chi connectivity index (χ4n) is 2.94. The number of phosphoric ester groups is 1. The van der Waals surface area contributed by atoms with Crippen LogP contribution in [0.15, 0.2) is 12.2 Å². The van der Waals surface area contributed by atoms with Gasteiger partial charge in [-0.3, -0.25) is 9.32 Å². The number of rotatable bonds is 20. The molecule has 0 fully saturated rings. The highest BCUT2D eigenvalue weighted by Gasteiger charge is 2.19. The Bertz CT molecular complexity index is 499. The Morgan fingerprint density at radius 3 is 1.78 bits per heavy atom. The minimum Gasteiger partial charge on any atom is -0.387 e. The van der Waals surface area contributed by atoms with Crippen LogP contribution in [0.5, 0.6) is 0 Å². The van der Waals surface area contributed by atoms with Crippen molar-refractivity contribution in [3.05, 3.63) is 12.2 Å². The number of hydrogen-bond acceptors (Lipinski definition) is 5. The smallest absolute Gasteiger partial charge is 0.387 e. The molecule has 0 aromatic heterocycles. The Hall–Kier alpha value is -0.760. The average Bonchev–Trinajstić information content (AvgIpc) is 2.73. The molecule has 0 aliphatic carbocycles. The molecule has 0 aromatic carbocycles. The quantitative estimate of drug-likeness (QED) is 0.0960. The van der Waals surface area contributed by atoms with E-state index in [4.69, 9.17) is 21.3 Å². The van der Waals surface area contributed by atoms with Crippen LogP contribution in [-0.2, 0) is 13.9 Å². The topological polar surface area (TPSA) is 156 Å². The zero-order valence-corrected chi connectivity index (χ0v) is 21.2. The summed E-state index contributed by atoms with van der Waals surface area (Å²) in [5.74, 6) is -0.193. The van der Waals surface area contributed by atoms with Gasteiger partial charge >= 0.3 is 7.82 Å². The third-order valence-electron chi connectivity index (χ3n) is 4.96. The maximum absolute atomic E-state index is 10.6. The number of aliphatic hydroxyl groups excluding tert-OH is 1. The van der Waals surface area contributed by atoms with Crippen molar-refractivity contribution in [3.63, 3.8) is 0 Å². The van der Waals surface area contributed by atoms with E-state index in [9.17, 15) is 14.5 Å². The SMILES string of the molecule is CCCCC(N)=O.CCCCCCCCCCCCCC=CC(O)C(N)COP(=O)(O)O. The average molecular weight is 481 g/mol. The summed E-state index contributed by atoms with van der Waals surface area (Å²) in [4.78, 5) is 27.1. The first-order valence-corrected chi connectivity index (χ1v) is 13.8. The predicted octanol–water partition coefficient (Wildman–Crippen LogP) is 4.70. The number of nitrogens with two attached hydrogens (primary N) is 2. The van der Waals surface area contributed by atoms with Crippen molar-refractivity contribution in [2.24, 2.45) is 11.5 Å². The summed E-state index contributed by atoms with van der Waals surface area (Å²) in [6.07, 6.45) is 20.2. The lowest BCUT2D eigenvalue weighted by Gasteiger charge is -2.15.